The molecular weight excluding hydrogens is 409 g/mol. The van der Waals surface area contributed by atoms with Gasteiger partial charge in [0.15, 0.2) is 0 Å². The second-order valence-electron chi connectivity index (χ2n) is 8.05. The lowest BCUT2D eigenvalue weighted by atomic mass is 10.0. The molecule has 0 fully saturated rings. The normalized spacial score (nSPS) is 10.8. The number of hydrogen-bond donors (Lipinski definition) is 1. The first kappa shape index (κ1) is 25.3. The van der Waals surface area contributed by atoms with Gasteiger partial charge < -0.3 is 19.9 Å². The maximum Gasteiger partial charge on any atom is 0.250 e. The van der Waals surface area contributed by atoms with Crippen molar-refractivity contribution >= 4 is 23.2 Å². The van der Waals surface area contributed by atoms with Crippen molar-refractivity contribution in [2.45, 2.75) is 39.8 Å². The zero-order valence-corrected chi connectivity index (χ0v) is 19.7. The molecule has 0 saturated carbocycles. The second-order valence-corrected chi connectivity index (χ2v) is 8.05. The molecule has 2 rings (SSSR count). The molecule has 0 spiro atoms. The summed E-state index contributed by atoms with van der Waals surface area (Å²) in [5, 5.41) is 2.83. The van der Waals surface area contributed by atoms with Crippen LogP contribution in [0, 0.1) is 11.7 Å². The van der Waals surface area contributed by atoms with Gasteiger partial charge in [-0.15, -0.1) is 0 Å². The lowest BCUT2D eigenvalue weighted by molar-refractivity contribution is -0.137. The summed E-state index contributed by atoms with van der Waals surface area (Å²) in [4.78, 5) is 29.1. The highest BCUT2D eigenvalue weighted by molar-refractivity contribution is 5.92. The minimum absolute atomic E-state index is 0.0331. The predicted molar refractivity (Wildman–Crippen MR) is 126 cm³/mol. The van der Waals surface area contributed by atoms with E-state index in [1.165, 1.54) is 19.2 Å². The third-order valence-corrected chi connectivity index (χ3v) is 5.41. The zero-order chi connectivity index (χ0) is 23.7. The molecule has 0 bridgehead atoms. The smallest absolute Gasteiger partial charge is 0.250 e. The Hall–Kier alpha value is -2.93. The number of hydrogen-bond acceptors (Lipinski definition) is 4. The molecule has 2 aromatic rings. The highest BCUT2D eigenvalue weighted by atomic mass is 19.1. The molecule has 2 aromatic carbocycles. The Morgan fingerprint density at radius 3 is 2.25 bits per heavy atom. The number of methoxy groups -OCH3 is 1. The molecule has 1 N–H and O–H groups in total. The summed E-state index contributed by atoms with van der Waals surface area (Å²) in [5.41, 5.74) is 3.37. The summed E-state index contributed by atoms with van der Waals surface area (Å²) in [5.74, 6) is -0.561. The Morgan fingerprint density at radius 1 is 1.03 bits per heavy atom. The van der Waals surface area contributed by atoms with Crippen LogP contribution in [0.2, 0.25) is 0 Å². The van der Waals surface area contributed by atoms with Gasteiger partial charge in [0.2, 0.25) is 11.8 Å². The standard InChI is InChI=1S/C25H34FN3O3/c1-6-19(7-2)25(31)29(15-18-8-10-21(26)11-9-18)16-20-14-22(27-24(30)17-32-5)12-13-23(20)28(3)4/h8-14,19H,6-7,15-17H2,1-5H3,(H,27,30). The average Bonchev–Trinajstić information content (AvgIpc) is 2.75. The van der Waals surface area contributed by atoms with Gasteiger partial charge in [-0.25, -0.2) is 4.39 Å². The Morgan fingerprint density at radius 2 is 1.69 bits per heavy atom. The molecule has 7 heteroatoms. The van der Waals surface area contributed by atoms with Crippen molar-refractivity contribution in [3.8, 4) is 0 Å². The van der Waals surface area contributed by atoms with Crippen molar-refractivity contribution in [2.75, 3.05) is 38.0 Å². The Bertz CT molecular complexity index is 896. The maximum absolute atomic E-state index is 13.4. The summed E-state index contributed by atoms with van der Waals surface area (Å²) < 4.78 is 18.3. The highest BCUT2D eigenvalue weighted by Crippen LogP contribution is 2.26. The summed E-state index contributed by atoms with van der Waals surface area (Å²) in [6.45, 7) is 4.74. The molecule has 0 aliphatic rings. The number of nitrogens with zero attached hydrogens (tertiary/aromatic N) is 2. The van der Waals surface area contributed by atoms with Crippen LogP contribution in [0.25, 0.3) is 0 Å². The molecule has 0 radical (unpaired) electrons. The molecule has 0 unspecified atom stereocenters. The van der Waals surface area contributed by atoms with Crippen molar-refractivity contribution in [2.24, 2.45) is 5.92 Å². The SMILES string of the molecule is CCC(CC)C(=O)N(Cc1ccc(F)cc1)Cc1cc(NC(=O)COC)ccc1N(C)C. The first-order chi connectivity index (χ1) is 15.3. The van der Waals surface area contributed by atoms with E-state index in [9.17, 15) is 14.0 Å². The van der Waals surface area contributed by atoms with Gasteiger partial charge in [0.05, 0.1) is 0 Å². The maximum atomic E-state index is 13.4. The van der Waals surface area contributed by atoms with E-state index < -0.39 is 0 Å². The molecule has 0 heterocycles. The van der Waals surface area contributed by atoms with Crippen molar-refractivity contribution < 1.29 is 18.7 Å². The Labute approximate surface area is 190 Å². The molecule has 2 amide bonds. The molecule has 6 nitrogen and oxygen atoms in total. The zero-order valence-electron chi connectivity index (χ0n) is 19.7. The van der Waals surface area contributed by atoms with Crippen molar-refractivity contribution in [1.29, 1.82) is 0 Å². The van der Waals surface area contributed by atoms with Crippen molar-refractivity contribution in [3.05, 3.63) is 59.4 Å². The fourth-order valence-corrected chi connectivity index (χ4v) is 3.68. The van der Waals surface area contributed by atoms with Gasteiger partial charge in [0, 0.05) is 51.6 Å². The molecule has 0 aliphatic carbocycles. The molecular formula is C25H34FN3O3. The van der Waals surface area contributed by atoms with Crippen molar-refractivity contribution in [3.63, 3.8) is 0 Å². The van der Waals surface area contributed by atoms with Gasteiger partial charge in [-0.1, -0.05) is 26.0 Å². The number of anilines is 2. The van der Waals surface area contributed by atoms with Gasteiger partial charge >= 0.3 is 0 Å². The van der Waals surface area contributed by atoms with E-state index >= 15 is 0 Å². The summed E-state index contributed by atoms with van der Waals surface area (Å²) in [7, 11) is 5.35. The van der Waals surface area contributed by atoms with Crippen LogP contribution < -0.4 is 10.2 Å². The Balaban J connectivity index is 2.39. The number of rotatable bonds is 11. The van der Waals surface area contributed by atoms with Gasteiger partial charge in [-0.2, -0.15) is 0 Å². The monoisotopic (exact) mass is 443 g/mol. The van der Waals surface area contributed by atoms with E-state index in [0.29, 0.717) is 18.8 Å². The summed E-state index contributed by atoms with van der Waals surface area (Å²) in [6.07, 6.45) is 1.51. The van der Waals surface area contributed by atoms with Crippen LogP contribution in [0.4, 0.5) is 15.8 Å². The number of halogens is 1. The van der Waals surface area contributed by atoms with Crippen LogP contribution in [0.15, 0.2) is 42.5 Å². The van der Waals surface area contributed by atoms with Crippen LogP contribution in [0.3, 0.4) is 0 Å². The van der Waals surface area contributed by atoms with Crippen LogP contribution in [0.1, 0.15) is 37.8 Å². The van der Waals surface area contributed by atoms with E-state index in [-0.39, 0.29) is 30.2 Å². The highest BCUT2D eigenvalue weighted by Gasteiger charge is 2.23. The fraction of sp³-hybridized carbons (Fsp3) is 0.440. The quantitative estimate of drug-likeness (QED) is 0.558. The predicted octanol–water partition coefficient (Wildman–Crippen LogP) is 4.44. The third-order valence-electron chi connectivity index (χ3n) is 5.41. The van der Waals surface area contributed by atoms with E-state index in [0.717, 1.165) is 29.7 Å². The fourth-order valence-electron chi connectivity index (χ4n) is 3.68. The summed E-state index contributed by atoms with van der Waals surface area (Å²) >= 11 is 0. The topological polar surface area (TPSA) is 61.9 Å². The van der Waals surface area contributed by atoms with Crippen molar-refractivity contribution in [1.82, 2.24) is 4.90 Å². The molecule has 0 atom stereocenters. The Kier molecular flexibility index (Phi) is 9.65. The van der Waals surface area contributed by atoms with E-state index in [2.05, 4.69) is 5.32 Å². The largest absolute Gasteiger partial charge is 0.377 e. The van der Waals surface area contributed by atoms with Crippen LogP contribution in [-0.2, 0) is 27.4 Å². The second kappa shape index (κ2) is 12.2. The minimum atomic E-state index is -0.305. The molecule has 174 valence electrons. The number of nitrogens with one attached hydrogen (secondary N) is 1. The first-order valence-electron chi connectivity index (χ1n) is 10.9. The lowest BCUT2D eigenvalue weighted by Crippen LogP contribution is -2.35. The third kappa shape index (κ3) is 7.05. The van der Waals surface area contributed by atoms with Gasteiger partial charge in [-0.05, 0) is 54.3 Å². The first-order valence-corrected chi connectivity index (χ1v) is 10.9. The molecule has 0 aromatic heterocycles. The number of carbonyl (C=O) groups excluding carboxylic acids is 2. The lowest BCUT2D eigenvalue weighted by Gasteiger charge is -2.29. The average molecular weight is 444 g/mol. The molecule has 32 heavy (non-hydrogen) atoms. The number of carbonyl (C=O) groups is 2. The van der Waals surface area contributed by atoms with E-state index in [1.807, 2.05) is 55.9 Å². The molecule has 0 saturated heterocycles. The number of amides is 2. The summed E-state index contributed by atoms with van der Waals surface area (Å²) in [6, 6.07) is 11.9. The van der Waals surface area contributed by atoms with E-state index in [4.69, 9.17) is 4.74 Å². The number of ether oxygens (including phenoxy) is 1. The number of benzene rings is 2. The molecule has 0 aliphatic heterocycles. The van der Waals surface area contributed by atoms with Gasteiger partial charge in [-0.3, -0.25) is 9.59 Å². The van der Waals surface area contributed by atoms with E-state index in [1.54, 1.807) is 12.1 Å². The van der Waals surface area contributed by atoms with Crippen LogP contribution >= 0.6 is 0 Å². The van der Waals surface area contributed by atoms with Gasteiger partial charge in [0.1, 0.15) is 12.4 Å². The van der Waals surface area contributed by atoms with Crippen LogP contribution in [-0.4, -0.2) is 44.5 Å². The minimum Gasteiger partial charge on any atom is -0.377 e. The van der Waals surface area contributed by atoms with Gasteiger partial charge in [0.25, 0.3) is 0 Å². The van der Waals surface area contributed by atoms with Crippen LogP contribution in [0.5, 0.6) is 0 Å².